The molecule has 0 saturated carbocycles. The zero-order valence-corrected chi connectivity index (χ0v) is 12.7. The number of ether oxygens (including phenoxy) is 1. The van der Waals surface area contributed by atoms with Crippen molar-refractivity contribution in [3.05, 3.63) is 47.7 Å². The summed E-state index contributed by atoms with van der Waals surface area (Å²) in [5.41, 5.74) is 5.21. The van der Waals surface area contributed by atoms with Gasteiger partial charge in [-0.2, -0.15) is 0 Å². The van der Waals surface area contributed by atoms with Crippen LogP contribution in [0.3, 0.4) is 0 Å². The zero-order valence-electron chi connectivity index (χ0n) is 12.7. The van der Waals surface area contributed by atoms with Crippen molar-refractivity contribution < 1.29 is 4.74 Å². The van der Waals surface area contributed by atoms with Crippen molar-refractivity contribution in [1.29, 1.82) is 0 Å². The van der Waals surface area contributed by atoms with E-state index in [4.69, 9.17) is 4.74 Å². The molecule has 2 N–H and O–H groups in total. The minimum atomic E-state index is 0.426. The normalized spacial score (nSPS) is 17.9. The van der Waals surface area contributed by atoms with Crippen LogP contribution < -0.4 is 5.32 Å². The number of nitrogens with one attached hydrogen (secondary N) is 2. The fourth-order valence-corrected chi connectivity index (χ4v) is 3.17. The van der Waals surface area contributed by atoms with E-state index in [0.29, 0.717) is 12.6 Å². The number of fused-ring (bicyclic) bond motifs is 3. The number of benzene rings is 1. The molecule has 3 nitrogen and oxygen atoms in total. The number of hydrogen-bond donors (Lipinski definition) is 2. The minimum absolute atomic E-state index is 0.426. The second-order valence-corrected chi connectivity index (χ2v) is 5.97. The minimum Gasteiger partial charge on any atom is -0.376 e. The number of rotatable bonds is 6. The third-order valence-electron chi connectivity index (χ3n) is 4.10. The number of aryl methyl sites for hydroxylation is 1. The Bertz CT molecular complexity index is 629. The molecule has 3 rings (SSSR count). The van der Waals surface area contributed by atoms with Gasteiger partial charge in [-0.05, 0) is 37.8 Å². The van der Waals surface area contributed by atoms with Crippen LogP contribution in [0.1, 0.15) is 37.1 Å². The van der Waals surface area contributed by atoms with E-state index in [9.17, 15) is 0 Å². The average molecular weight is 284 g/mol. The molecule has 1 unspecified atom stereocenters. The van der Waals surface area contributed by atoms with Crippen LogP contribution in [-0.2, 0) is 11.2 Å². The number of para-hydroxylation sites is 1. The summed E-state index contributed by atoms with van der Waals surface area (Å²) in [7, 11) is 0. The molecule has 0 saturated heterocycles. The molecule has 1 heterocycles. The molecule has 1 aromatic heterocycles. The summed E-state index contributed by atoms with van der Waals surface area (Å²) in [6.45, 7) is 8.11. The van der Waals surface area contributed by atoms with Crippen LogP contribution in [0.15, 0.2) is 36.4 Å². The molecule has 0 spiro atoms. The summed E-state index contributed by atoms with van der Waals surface area (Å²) in [4.78, 5) is 3.61. The number of H-pyrrole nitrogens is 1. The highest BCUT2D eigenvalue weighted by molar-refractivity contribution is 5.85. The van der Waals surface area contributed by atoms with E-state index in [-0.39, 0.29) is 0 Å². The van der Waals surface area contributed by atoms with Crippen LogP contribution in [0, 0.1) is 0 Å². The van der Waals surface area contributed by atoms with Gasteiger partial charge in [0.05, 0.1) is 13.2 Å². The summed E-state index contributed by atoms with van der Waals surface area (Å²) in [5.74, 6) is 0. The van der Waals surface area contributed by atoms with Crippen molar-refractivity contribution in [3.63, 3.8) is 0 Å². The first-order valence-corrected chi connectivity index (χ1v) is 7.80. The van der Waals surface area contributed by atoms with Gasteiger partial charge in [-0.15, -0.1) is 0 Å². The van der Waals surface area contributed by atoms with Gasteiger partial charge in [0.15, 0.2) is 0 Å². The van der Waals surface area contributed by atoms with Crippen LogP contribution in [-0.4, -0.2) is 24.7 Å². The smallest absolute Gasteiger partial charge is 0.0672 e. The average Bonchev–Trinajstić information content (AvgIpc) is 2.86. The molecular weight excluding hydrogens is 260 g/mol. The molecular formula is C18H24N2O. The van der Waals surface area contributed by atoms with Crippen molar-refractivity contribution in [2.45, 2.75) is 32.2 Å². The molecule has 3 heteroatoms. The van der Waals surface area contributed by atoms with Gasteiger partial charge in [0, 0.05) is 29.2 Å². The summed E-state index contributed by atoms with van der Waals surface area (Å²) in [6, 6.07) is 9.04. The first-order chi connectivity index (χ1) is 10.3. The summed E-state index contributed by atoms with van der Waals surface area (Å²) in [6.07, 6.45) is 3.63. The lowest BCUT2D eigenvalue weighted by Crippen LogP contribution is -2.28. The van der Waals surface area contributed by atoms with Crippen LogP contribution >= 0.6 is 0 Å². The molecule has 0 bridgehead atoms. The van der Waals surface area contributed by atoms with Gasteiger partial charge in [0.1, 0.15) is 0 Å². The SMILES string of the molecule is C=C(C)COCCNC1CCCc2c1[nH]c1ccccc21. The van der Waals surface area contributed by atoms with Crippen molar-refractivity contribution in [3.8, 4) is 0 Å². The van der Waals surface area contributed by atoms with Crippen molar-refractivity contribution in [1.82, 2.24) is 10.3 Å². The Morgan fingerprint density at radius 1 is 1.43 bits per heavy atom. The van der Waals surface area contributed by atoms with Gasteiger partial charge in [-0.1, -0.05) is 30.4 Å². The van der Waals surface area contributed by atoms with E-state index in [0.717, 1.165) is 18.7 Å². The maximum absolute atomic E-state index is 5.56. The monoisotopic (exact) mass is 284 g/mol. The molecule has 112 valence electrons. The largest absolute Gasteiger partial charge is 0.376 e. The highest BCUT2D eigenvalue weighted by atomic mass is 16.5. The molecule has 0 radical (unpaired) electrons. The van der Waals surface area contributed by atoms with Crippen LogP contribution in [0.5, 0.6) is 0 Å². The molecule has 2 aromatic rings. The van der Waals surface area contributed by atoms with E-state index in [1.165, 1.54) is 41.4 Å². The van der Waals surface area contributed by atoms with Gasteiger partial charge in [-0.3, -0.25) is 0 Å². The third kappa shape index (κ3) is 3.20. The maximum atomic E-state index is 5.56. The fourth-order valence-electron chi connectivity index (χ4n) is 3.17. The number of aromatic nitrogens is 1. The van der Waals surface area contributed by atoms with Gasteiger partial charge < -0.3 is 15.0 Å². The highest BCUT2D eigenvalue weighted by Gasteiger charge is 2.23. The Morgan fingerprint density at radius 3 is 3.14 bits per heavy atom. The van der Waals surface area contributed by atoms with Gasteiger partial charge >= 0.3 is 0 Å². The predicted molar refractivity (Wildman–Crippen MR) is 87.6 cm³/mol. The second kappa shape index (κ2) is 6.46. The quantitative estimate of drug-likeness (QED) is 0.626. The van der Waals surface area contributed by atoms with Gasteiger partial charge in [0.25, 0.3) is 0 Å². The highest BCUT2D eigenvalue weighted by Crippen LogP contribution is 2.34. The Morgan fingerprint density at radius 2 is 2.29 bits per heavy atom. The predicted octanol–water partition coefficient (Wildman–Crippen LogP) is 3.73. The van der Waals surface area contributed by atoms with E-state index in [2.05, 4.69) is 41.1 Å². The Hall–Kier alpha value is -1.58. The molecule has 0 aliphatic heterocycles. The molecule has 1 aliphatic rings. The first kappa shape index (κ1) is 14.4. The Kier molecular flexibility index (Phi) is 4.42. The van der Waals surface area contributed by atoms with Crippen LogP contribution in [0.2, 0.25) is 0 Å². The molecule has 21 heavy (non-hydrogen) atoms. The van der Waals surface area contributed by atoms with Crippen molar-refractivity contribution >= 4 is 10.9 Å². The van der Waals surface area contributed by atoms with E-state index < -0.39 is 0 Å². The summed E-state index contributed by atoms with van der Waals surface area (Å²) < 4.78 is 5.56. The lowest BCUT2D eigenvalue weighted by Gasteiger charge is -2.24. The standard InChI is InChI=1S/C18H24N2O/c1-13(2)12-21-11-10-19-17-9-5-7-15-14-6-3-4-8-16(14)20-18(15)17/h3-4,6,8,17,19-20H,1,5,7,9-12H2,2H3. The lowest BCUT2D eigenvalue weighted by molar-refractivity contribution is 0.154. The number of aromatic amines is 1. The third-order valence-corrected chi connectivity index (χ3v) is 4.10. The molecule has 1 atom stereocenters. The molecule has 0 fully saturated rings. The molecule has 1 aromatic carbocycles. The molecule has 0 amide bonds. The van der Waals surface area contributed by atoms with Crippen molar-refractivity contribution in [2.24, 2.45) is 0 Å². The van der Waals surface area contributed by atoms with Crippen LogP contribution in [0.25, 0.3) is 10.9 Å². The van der Waals surface area contributed by atoms with E-state index in [1.807, 2.05) is 6.92 Å². The van der Waals surface area contributed by atoms with Gasteiger partial charge in [-0.25, -0.2) is 0 Å². The van der Waals surface area contributed by atoms with Crippen LogP contribution in [0.4, 0.5) is 0 Å². The summed E-state index contributed by atoms with van der Waals surface area (Å²) >= 11 is 0. The second-order valence-electron chi connectivity index (χ2n) is 5.97. The molecule has 1 aliphatic carbocycles. The van der Waals surface area contributed by atoms with Gasteiger partial charge in [0.2, 0.25) is 0 Å². The number of hydrogen-bond acceptors (Lipinski definition) is 2. The topological polar surface area (TPSA) is 37.0 Å². The van der Waals surface area contributed by atoms with E-state index in [1.54, 1.807) is 0 Å². The first-order valence-electron chi connectivity index (χ1n) is 7.80. The van der Waals surface area contributed by atoms with E-state index >= 15 is 0 Å². The Balaban J connectivity index is 1.65. The van der Waals surface area contributed by atoms with Crippen molar-refractivity contribution in [2.75, 3.05) is 19.8 Å². The Labute approximate surface area is 126 Å². The summed E-state index contributed by atoms with van der Waals surface area (Å²) in [5, 5.41) is 5.01. The zero-order chi connectivity index (χ0) is 14.7. The fraction of sp³-hybridized carbons (Fsp3) is 0.444. The lowest BCUT2D eigenvalue weighted by atomic mass is 9.92. The maximum Gasteiger partial charge on any atom is 0.0672 e.